The van der Waals surface area contributed by atoms with Crippen molar-refractivity contribution in [2.24, 2.45) is 5.92 Å². The zero-order valence-electron chi connectivity index (χ0n) is 19.4. The Morgan fingerprint density at radius 2 is 1.29 bits per heavy atom. The van der Waals surface area contributed by atoms with Crippen molar-refractivity contribution >= 4 is 17.9 Å². The minimum absolute atomic E-state index is 0.0988. The third kappa shape index (κ3) is 9.60. The van der Waals surface area contributed by atoms with Gasteiger partial charge in [-0.3, -0.25) is 4.79 Å². The average Bonchev–Trinajstić information content (AvgIpc) is 2.85. The van der Waals surface area contributed by atoms with Crippen molar-refractivity contribution < 1.29 is 43.2 Å². The van der Waals surface area contributed by atoms with E-state index in [0.29, 0.717) is 44.3 Å². The van der Waals surface area contributed by atoms with Gasteiger partial charge in [0.2, 0.25) is 0 Å². The van der Waals surface area contributed by atoms with Crippen LogP contribution in [0.3, 0.4) is 0 Å². The van der Waals surface area contributed by atoms with Gasteiger partial charge in [-0.2, -0.15) is 0 Å². The van der Waals surface area contributed by atoms with E-state index in [1.54, 1.807) is 24.3 Å². The lowest BCUT2D eigenvalue weighted by molar-refractivity contribution is -0.149. The molecule has 2 aromatic carbocycles. The summed E-state index contributed by atoms with van der Waals surface area (Å²) < 4.78 is 26.6. The Kier molecular flexibility index (Phi) is 11.6. The predicted molar refractivity (Wildman–Crippen MR) is 122 cm³/mol. The molecular weight excluding hydrogens is 444 g/mol. The molecule has 0 radical (unpaired) electrons. The zero-order valence-corrected chi connectivity index (χ0v) is 19.4. The lowest BCUT2D eigenvalue weighted by atomic mass is 10.1. The second kappa shape index (κ2) is 14.7. The molecule has 0 aromatic heterocycles. The Morgan fingerprint density at radius 3 is 1.88 bits per heavy atom. The number of benzene rings is 2. The number of ether oxygens (including phenoxy) is 5. The first kappa shape index (κ1) is 26.8. The molecule has 9 nitrogen and oxygen atoms in total. The number of carbonyl (C=O) groups excluding carboxylic acids is 2. The first-order chi connectivity index (χ1) is 16.4. The Hall–Kier alpha value is -3.43. The molecule has 0 aliphatic rings. The fourth-order valence-corrected chi connectivity index (χ4v) is 2.57. The highest BCUT2D eigenvalue weighted by Crippen LogP contribution is 2.17. The molecular formula is C25H30O9. The predicted octanol–water partition coefficient (Wildman–Crippen LogP) is 3.61. The summed E-state index contributed by atoms with van der Waals surface area (Å²) in [6.07, 6.45) is 0.749. The number of hydrogen-bond acceptors (Lipinski definition) is 8. The summed E-state index contributed by atoms with van der Waals surface area (Å²) in [5.41, 5.74) is 0.440. The van der Waals surface area contributed by atoms with Gasteiger partial charge >= 0.3 is 17.9 Å². The van der Waals surface area contributed by atoms with Crippen molar-refractivity contribution in [1.29, 1.82) is 0 Å². The fraction of sp³-hybridized carbons (Fsp3) is 0.400. The van der Waals surface area contributed by atoms with Crippen LogP contribution in [0.1, 0.15) is 41.0 Å². The largest absolute Gasteiger partial charge is 0.491 e. The molecule has 0 heterocycles. The Labute approximate surface area is 198 Å². The average molecular weight is 475 g/mol. The molecule has 2 aromatic rings. The van der Waals surface area contributed by atoms with E-state index in [-0.39, 0.29) is 29.8 Å². The molecule has 1 atom stereocenters. The quantitative estimate of drug-likeness (QED) is 0.235. The second-order valence-corrected chi connectivity index (χ2v) is 7.29. The minimum atomic E-state index is -1.05. The summed E-state index contributed by atoms with van der Waals surface area (Å²) >= 11 is 0. The van der Waals surface area contributed by atoms with Crippen LogP contribution in [0, 0.1) is 5.92 Å². The van der Waals surface area contributed by atoms with Gasteiger partial charge in [-0.05, 0) is 55.0 Å². The van der Waals surface area contributed by atoms with Crippen LogP contribution in [0.2, 0.25) is 0 Å². The highest BCUT2D eigenvalue weighted by atomic mass is 16.6. The molecule has 0 aliphatic carbocycles. The van der Waals surface area contributed by atoms with E-state index >= 15 is 0 Å². The molecule has 0 aliphatic heterocycles. The van der Waals surface area contributed by atoms with E-state index in [2.05, 4.69) is 0 Å². The molecule has 0 saturated carbocycles. The molecule has 1 N–H and O–H groups in total. The van der Waals surface area contributed by atoms with Crippen molar-refractivity contribution in [1.82, 2.24) is 0 Å². The normalized spacial score (nSPS) is 11.5. The summed E-state index contributed by atoms with van der Waals surface area (Å²) in [6, 6.07) is 12.0. The van der Waals surface area contributed by atoms with Gasteiger partial charge in [0, 0.05) is 0 Å². The topological polar surface area (TPSA) is 118 Å². The smallest absolute Gasteiger partial charge is 0.343 e. The van der Waals surface area contributed by atoms with E-state index in [9.17, 15) is 14.4 Å². The van der Waals surface area contributed by atoms with E-state index in [0.717, 1.165) is 6.42 Å². The van der Waals surface area contributed by atoms with Crippen LogP contribution in [0.15, 0.2) is 48.5 Å². The van der Waals surface area contributed by atoms with Gasteiger partial charge in [0.1, 0.15) is 24.7 Å². The number of carboxylic acid groups (broad SMARTS) is 1. The summed E-state index contributed by atoms with van der Waals surface area (Å²) in [5.74, 6) is -1.10. The molecule has 0 amide bonds. The van der Waals surface area contributed by atoms with Crippen molar-refractivity contribution in [2.75, 3.05) is 39.6 Å². The highest BCUT2D eigenvalue weighted by molar-refractivity contribution is 5.91. The SMILES string of the molecule is CCC(C)C(=O)OCCOCCOCCOc1ccc(C(=O)Oc2ccc(C(=O)O)cc2)cc1. The molecule has 34 heavy (non-hydrogen) atoms. The van der Waals surface area contributed by atoms with Gasteiger partial charge in [0.05, 0.1) is 43.5 Å². The highest BCUT2D eigenvalue weighted by Gasteiger charge is 2.11. The van der Waals surface area contributed by atoms with E-state index in [1.807, 2.05) is 13.8 Å². The molecule has 184 valence electrons. The van der Waals surface area contributed by atoms with Crippen molar-refractivity contribution in [2.45, 2.75) is 20.3 Å². The van der Waals surface area contributed by atoms with Crippen molar-refractivity contribution in [3.8, 4) is 11.5 Å². The number of carbonyl (C=O) groups is 3. The Morgan fingerprint density at radius 1 is 0.765 bits per heavy atom. The van der Waals surface area contributed by atoms with Gasteiger partial charge in [0.15, 0.2) is 0 Å². The number of hydrogen-bond donors (Lipinski definition) is 1. The van der Waals surface area contributed by atoms with E-state index in [4.69, 9.17) is 28.8 Å². The molecule has 9 heteroatoms. The van der Waals surface area contributed by atoms with Gasteiger partial charge in [-0.15, -0.1) is 0 Å². The summed E-state index contributed by atoms with van der Waals surface area (Å²) in [4.78, 5) is 34.6. The molecule has 1 unspecified atom stereocenters. The maximum atomic E-state index is 12.2. The minimum Gasteiger partial charge on any atom is -0.491 e. The lowest BCUT2D eigenvalue weighted by Gasteiger charge is -2.10. The lowest BCUT2D eigenvalue weighted by Crippen LogP contribution is -2.18. The number of aromatic carboxylic acids is 1. The monoisotopic (exact) mass is 474 g/mol. The molecule has 0 bridgehead atoms. The second-order valence-electron chi connectivity index (χ2n) is 7.29. The van der Waals surface area contributed by atoms with Crippen LogP contribution in [-0.4, -0.2) is 62.7 Å². The first-order valence-corrected chi connectivity index (χ1v) is 11.0. The van der Waals surface area contributed by atoms with E-state index in [1.165, 1.54) is 24.3 Å². The fourth-order valence-electron chi connectivity index (χ4n) is 2.57. The third-order valence-corrected chi connectivity index (χ3v) is 4.76. The summed E-state index contributed by atoms with van der Waals surface area (Å²) in [6.45, 7) is 5.78. The Balaban J connectivity index is 1.56. The van der Waals surface area contributed by atoms with Crippen LogP contribution in [0.25, 0.3) is 0 Å². The number of carboxylic acids is 1. The van der Waals surface area contributed by atoms with Crippen LogP contribution in [0.4, 0.5) is 0 Å². The zero-order chi connectivity index (χ0) is 24.8. The number of esters is 2. The molecule has 0 spiro atoms. The van der Waals surface area contributed by atoms with Crippen LogP contribution in [-0.2, 0) is 19.0 Å². The molecule has 0 saturated heterocycles. The molecule has 0 fully saturated rings. The summed E-state index contributed by atoms with van der Waals surface area (Å²) in [5, 5.41) is 8.89. The van der Waals surface area contributed by atoms with Gasteiger partial charge < -0.3 is 28.8 Å². The molecule has 2 rings (SSSR count). The Bertz CT molecular complexity index is 907. The van der Waals surface area contributed by atoms with Crippen LogP contribution < -0.4 is 9.47 Å². The first-order valence-electron chi connectivity index (χ1n) is 11.0. The van der Waals surface area contributed by atoms with Gasteiger partial charge in [0.25, 0.3) is 0 Å². The maximum Gasteiger partial charge on any atom is 0.343 e. The maximum absolute atomic E-state index is 12.2. The van der Waals surface area contributed by atoms with Gasteiger partial charge in [-0.1, -0.05) is 13.8 Å². The van der Waals surface area contributed by atoms with Crippen LogP contribution in [0.5, 0.6) is 11.5 Å². The van der Waals surface area contributed by atoms with Crippen molar-refractivity contribution in [3.05, 3.63) is 59.7 Å². The number of rotatable bonds is 15. The summed E-state index contributed by atoms with van der Waals surface area (Å²) in [7, 11) is 0. The standard InChI is InChI=1S/C25H30O9/c1-3-18(2)24(28)33-17-15-31-13-12-30-14-16-32-21-8-6-20(7-9-21)25(29)34-22-10-4-19(5-11-22)23(26)27/h4-11,18H,3,12-17H2,1-2H3,(H,26,27). The third-order valence-electron chi connectivity index (χ3n) is 4.76. The van der Waals surface area contributed by atoms with Gasteiger partial charge in [-0.25, -0.2) is 9.59 Å². The van der Waals surface area contributed by atoms with Crippen LogP contribution >= 0.6 is 0 Å². The van der Waals surface area contributed by atoms with E-state index < -0.39 is 11.9 Å². The van der Waals surface area contributed by atoms with Crippen molar-refractivity contribution in [3.63, 3.8) is 0 Å².